The van der Waals surface area contributed by atoms with Gasteiger partial charge in [0.2, 0.25) is 5.78 Å². The highest BCUT2D eigenvalue weighted by Gasteiger charge is 2.63. The van der Waals surface area contributed by atoms with Gasteiger partial charge in [0.25, 0.3) is 5.91 Å². The lowest BCUT2D eigenvalue weighted by molar-refractivity contribution is -0.148. The number of aliphatic hydroxyl groups excluding tert-OH is 2. The molecule has 1 saturated heterocycles. The van der Waals surface area contributed by atoms with E-state index in [1.807, 2.05) is 6.07 Å². The summed E-state index contributed by atoms with van der Waals surface area (Å²) in [6.45, 7) is 3.01. The number of Topliss-reactive ketones (excluding diaryl/α,β-unsaturated/α-hetero) is 2. The van der Waals surface area contributed by atoms with Gasteiger partial charge in [0.15, 0.2) is 11.4 Å². The number of likely N-dealkylation sites (N-methyl/N-ethyl adjacent to an activating group) is 1. The summed E-state index contributed by atoms with van der Waals surface area (Å²) in [6.07, 6.45) is 2.72. The van der Waals surface area contributed by atoms with Crippen molar-refractivity contribution in [3.8, 4) is 16.2 Å². The van der Waals surface area contributed by atoms with Gasteiger partial charge in [0.1, 0.15) is 22.8 Å². The molecule has 1 aliphatic heterocycles. The van der Waals surface area contributed by atoms with E-state index in [0.29, 0.717) is 5.56 Å². The molecular formula is C30H33N3O7S. The second-order valence-electron chi connectivity index (χ2n) is 11.7. The summed E-state index contributed by atoms with van der Waals surface area (Å²) in [5, 5.41) is 45.0. The van der Waals surface area contributed by atoms with E-state index in [1.165, 1.54) is 23.8 Å². The number of fused-ring (bicyclic) bond motifs is 3. The Hall–Kier alpha value is -3.51. The molecule has 2 heterocycles. The van der Waals surface area contributed by atoms with Crippen molar-refractivity contribution in [2.24, 2.45) is 17.6 Å². The largest absolute Gasteiger partial charge is 0.510 e. The first-order chi connectivity index (χ1) is 19.4. The molecule has 4 unspecified atom stereocenters. The van der Waals surface area contributed by atoms with Crippen molar-refractivity contribution >= 4 is 28.8 Å². The molecule has 4 atom stereocenters. The van der Waals surface area contributed by atoms with Crippen molar-refractivity contribution in [2.75, 3.05) is 27.2 Å². The van der Waals surface area contributed by atoms with Gasteiger partial charge in [-0.15, -0.1) is 11.3 Å². The SMILES string of the molecule is CN(C)C1C(O)=C(C(N)=O)C(=O)C2(O)C(O)=C3C(=O)c4c(O)ccc(-c5ccc(CN6CCCC6)s5)c4CC3CC12. The highest BCUT2D eigenvalue weighted by molar-refractivity contribution is 7.15. The lowest BCUT2D eigenvalue weighted by atomic mass is 9.58. The van der Waals surface area contributed by atoms with E-state index >= 15 is 0 Å². The predicted octanol–water partition coefficient (Wildman–Crippen LogP) is 2.44. The Kier molecular flexibility index (Phi) is 6.61. The number of primary amides is 1. The van der Waals surface area contributed by atoms with E-state index in [1.54, 1.807) is 36.4 Å². The Morgan fingerprint density at radius 1 is 1.12 bits per heavy atom. The summed E-state index contributed by atoms with van der Waals surface area (Å²) in [5.74, 6) is -6.51. The molecule has 1 aromatic heterocycles. The molecule has 1 aromatic carbocycles. The number of amides is 1. The third kappa shape index (κ3) is 4.05. The lowest BCUT2D eigenvalue weighted by Gasteiger charge is -2.50. The van der Waals surface area contributed by atoms with E-state index in [9.17, 15) is 34.8 Å². The topological polar surface area (TPSA) is 165 Å². The van der Waals surface area contributed by atoms with Gasteiger partial charge in [-0.3, -0.25) is 24.2 Å². The molecule has 3 aliphatic carbocycles. The number of phenolic OH excluding ortho intramolecular Hbond substituents is 1. The van der Waals surface area contributed by atoms with E-state index in [0.717, 1.165) is 30.1 Å². The number of phenols is 1. The second kappa shape index (κ2) is 9.80. The number of rotatable bonds is 5. The highest BCUT2D eigenvalue weighted by Crippen LogP contribution is 2.53. The Morgan fingerprint density at radius 2 is 1.83 bits per heavy atom. The number of allylic oxidation sites excluding steroid dienone is 1. The molecule has 2 aromatic rings. The van der Waals surface area contributed by atoms with Crippen LogP contribution in [0.15, 0.2) is 46.9 Å². The number of hydrogen-bond acceptors (Lipinski definition) is 10. The average molecular weight is 580 g/mol. The van der Waals surface area contributed by atoms with Gasteiger partial charge in [-0.05, 0) is 94.2 Å². The van der Waals surface area contributed by atoms with Crippen LogP contribution in [-0.2, 0) is 22.6 Å². The number of ketones is 2. The fourth-order valence-corrected chi connectivity index (χ4v) is 8.35. The zero-order chi connectivity index (χ0) is 29.4. The van der Waals surface area contributed by atoms with Gasteiger partial charge >= 0.3 is 0 Å². The van der Waals surface area contributed by atoms with Crippen LogP contribution in [0.3, 0.4) is 0 Å². The summed E-state index contributed by atoms with van der Waals surface area (Å²) < 4.78 is 0. The third-order valence-electron chi connectivity index (χ3n) is 9.11. The monoisotopic (exact) mass is 579 g/mol. The van der Waals surface area contributed by atoms with E-state index in [-0.39, 0.29) is 29.7 Å². The van der Waals surface area contributed by atoms with Crippen LogP contribution in [0.5, 0.6) is 5.75 Å². The first kappa shape index (κ1) is 27.6. The van der Waals surface area contributed by atoms with Crippen LogP contribution in [0.25, 0.3) is 10.4 Å². The first-order valence-electron chi connectivity index (χ1n) is 13.8. The van der Waals surface area contributed by atoms with Crippen LogP contribution < -0.4 is 5.73 Å². The molecule has 6 rings (SSSR count). The van der Waals surface area contributed by atoms with Crippen LogP contribution in [0.1, 0.15) is 40.1 Å². The van der Waals surface area contributed by atoms with Gasteiger partial charge < -0.3 is 26.2 Å². The maximum absolute atomic E-state index is 14.0. The van der Waals surface area contributed by atoms with Crippen molar-refractivity contribution < 1.29 is 34.8 Å². The fraction of sp³-hybridized carbons (Fsp3) is 0.433. The number of nitrogens with zero attached hydrogens (tertiary/aromatic N) is 2. The molecule has 41 heavy (non-hydrogen) atoms. The minimum absolute atomic E-state index is 0.0257. The summed E-state index contributed by atoms with van der Waals surface area (Å²) in [7, 11) is 3.22. The number of benzene rings is 1. The quantitative estimate of drug-likeness (QED) is 0.335. The van der Waals surface area contributed by atoms with Gasteiger partial charge in [-0.25, -0.2) is 0 Å². The Morgan fingerprint density at radius 3 is 2.49 bits per heavy atom. The molecule has 0 radical (unpaired) electrons. The number of carbonyl (C=O) groups excluding carboxylic acids is 3. The molecule has 6 N–H and O–H groups in total. The van der Waals surface area contributed by atoms with Gasteiger partial charge in [0.05, 0.1) is 11.6 Å². The van der Waals surface area contributed by atoms with E-state index in [4.69, 9.17) is 5.73 Å². The van der Waals surface area contributed by atoms with E-state index in [2.05, 4.69) is 11.0 Å². The number of nitrogens with two attached hydrogens (primary N) is 1. The fourth-order valence-electron chi connectivity index (χ4n) is 7.25. The minimum Gasteiger partial charge on any atom is -0.510 e. The summed E-state index contributed by atoms with van der Waals surface area (Å²) >= 11 is 1.64. The molecule has 0 bridgehead atoms. The smallest absolute Gasteiger partial charge is 0.255 e. The Bertz CT molecular complexity index is 1550. The van der Waals surface area contributed by atoms with Crippen molar-refractivity contribution in [1.82, 2.24) is 9.80 Å². The standard InChI is InChI=1S/C30H33N3O7S/c1-32(2)24-18-12-14-11-17-16(20-8-5-15(41-20)13-33-9-3-4-10-33)6-7-19(34)22(17)25(35)21(14)27(37)30(18,40)28(38)23(26(24)36)29(31)39/h5-8,14,18,24,34,36-37,40H,3-4,9-13H2,1-2H3,(H2,31,39). The number of thiophene rings is 1. The van der Waals surface area contributed by atoms with Crippen molar-refractivity contribution in [1.29, 1.82) is 0 Å². The van der Waals surface area contributed by atoms with E-state index < -0.39 is 58.0 Å². The number of aromatic hydroxyl groups is 1. The van der Waals surface area contributed by atoms with Gasteiger partial charge in [-0.2, -0.15) is 0 Å². The molecular weight excluding hydrogens is 546 g/mol. The number of carbonyl (C=O) groups is 3. The highest BCUT2D eigenvalue weighted by atomic mass is 32.1. The average Bonchev–Trinajstić information content (AvgIpc) is 3.59. The van der Waals surface area contributed by atoms with Crippen LogP contribution in [0, 0.1) is 11.8 Å². The normalized spacial score (nSPS) is 28.2. The summed E-state index contributed by atoms with van der Waals surface area (Å²) in [6, 6.07) is 6.33. The third-order valence-corrected chi connectivity index (χ3v) is 10.2. The van der Waals surface area contributed by atoms with Gasteiger partial charge in [0, 0.05) is 27.8 Å². The number of hydrogen-bond donors (Lipinski definition) is 5. The predicted molar refractivity (Wildman–Crippen MR) is 151 cm³/mol. The molecule has 0 spiro atoms. The molecule has 1 fully saturated rings. The summed E-state index contributed by atoms with van der Waals surface area (Å²) in [4.78, 5) is 45.6. The zero-order valence-electron chi connectivity index (χ0n) is 22.9. The Labute approximate surface area is 241 Å². The molecule has 11 heteroatoms. The van der Waals surface area contributed by atoms with Gasteiger partial charge in [-0.1, -0.05) is 0 Å². The second-order valence-corrected chi connectivity index (χ2v) is 12.9. The van der Waals surface area contributed by atoms with Crippen LogP contribution in [-0.4, -0.2) is 86.5 Å². The maximum atomic E-state index is 14.0. The van der Waals surface area contributed by atoms with Crippen LogP contribution in [0.4, 0.5) is 0 Å². The molecule has 1 amide bonds. The van der Waals surface area contributed by atoms with Crippen molar-refractivity contribution in [3.05, 3.63) is 62.9 Å². The molecule has 216 valence electrons. The summed E-state index contributed by atoms with van der Waals surface area (Å²) in [5.41, 5.74) is 3.25. The zero-order valence-corrected chi connectivity index (χ0v) is 23.7. The maximum Gasteiger partial charge on any atom is 0.255 e. The number of aliphatic hydroxyl groups is 3. The number of likely N-dealkylation sites (tertiary alicyclic amines) is 1. The minimum atomic E-state index is -2.64. The van der Waals surface area contributed by atoms with Crippen LogP contribution >= 0.6 is 11.3 Å². The Balaban J connectivity index is 1.45. The molecule has 10 nitrogen and oxygen atoms in total. The first-order valence-corrected chi connectivity index (χ1v) is 14.6. The van der Waals surface area contributed by atoms with Crippen molar-refractivity contribution in [3.63, 3.8) is 0 Å². The molecule has 4 aliphatic rings. The molecule has 0 saturated carbocycles. The van der Waals surface area contributed by atoms with Crippen LogP contribution in [0.2, 0.25) is 0 Å². The van der Waals surface area contributed by atoms with Crippen molar-refractivity contribution in [2.45, 2.75) is 43.9 Å². The lowest BCUT2D eigenvalue weighted by Crippen LogP contribution is -2.63.